The van der Waals surface area contributed by atoms with Crippen molar-refractivity contribution in [3.05, 3.63) is 35.7 Å². The second kappa shape index (κ2) is 5.10. The maximum Gasteiger partial charge on any atom is 0.123 e. The van der Waals surface area contributed by atoms with Gasteiger partial charge in [-0.1, -0.05) is 12.9 Å². The number of hydrogen-bond acceptors (Lipinski definition) is 0. The van der Waals surface area contributed by atoms with Gasteiger partial charge in [0.15, 0.2) is 0 Å². The molecule has 1 aromatic rings. The van der Waals surface area contributed by atoms with Gasteiger partial charge in [-0.25, -0.2) is 4.39 Å². The van der Waals surface area contributed by atoms with E-state index in [2.05, 4.69) is 41.5 Å². The molecule has 0 aliphatic rings. The zero-order chi connectivity index (χ0) is 14.2. The van der Waals surface area contributed by atoms with Crippen LogP contribution in [0.5, 0.6) is 0 Å². The normalized spacial score (nSPS) is 13.8. The van der Waals surface area contributed by atoms with Crippen molar-refractivity contribution in [1.82, 2.24) is 0 Å². The van der Waals surface area contributed by atoms with E-state index in [1.54, 1.807) is 0 Å². The highest BCUT2D eigenvalue weighted by Crippen LogP contribution is 2.78. The van der Waals surface area contributed by atoms with E-state index in [1.807, 2.05) is 17.8 Å². The lowest BCUT2D eigenvalue weighted by Gasteiger charge is -2.52. The predicted octanol–water partition coefficient (Wildman–Crippen LogP) is 5.42. The fourth-order valence-corrected chi connectivity index (χ4v) is 9.78. The minimum atomic E-state index is -1.74. The third-order valence-corrected chi connectivity index (χ3v) is 10.0. The van der Waals surface area contributed by atoms with Gasteiger partial charge in [0.2, 0.25) is 0 Å². The van der Waals surface area contributed by atoms with Gasteiger partial charge in [0, 0.05) is 0 Å². The van der Waals surface area contributed by atoms with Gasteiger partial charge in [0.05, 0.1) is 15.6 Å². The standard InChI is InChI=1S/C15H23ClFP/c1-14(2,3)18(11-16,15(4,5)6)13-9-7-12(17)8-10-13/h7-11H,1-6H3. The lowest BCUT2D eigenvalue weighted by atomic mass is 10.2. The second-order valence-electron chi connectivity index (χ2n) is 6.64. The van der Waals surface area contributed by atoms with Crippen molar-refractivity contribution in [3.8, 4) is 0 Å². The van der Waals surface area contributed by atoms with Gasteiger partial charge >= 0.3 is 0 Å². The van der Waals surface area contributed by atoms with E-state index >= 15 is 0 Å². The Kier molecular flexibility index (Phi) is 4.51. The highest BCUT2D eigenvalue weighted by molar-refractivity contribution is 7.88. The molecule has 3 heteroatoms. The summed E-state index contributed by atoms with van der Waals surface area (Å²) in [5, 5.41) is 1.26. The zero-order valence-electron chi connectivity index (χ0n) is 12.1. The van der Waals surface area contributed by atoms with Crippen LogP contribution in [0.4, 0.5) is 4.39 Å². The summed E-state index contributed by atoms with van der Waals surface area (Å²) in [5.74, 6) is -0.200. The van der Waals surface area contributed by atoms with Crippen LogP contribution in [0.3, 0.4) is 0 Å². The molecular weight excluding hydrogens is 266 g/mol. The molecule has 18 heavy (non-hydrogen) atoms. The molecule has 102 valence electrons. The molecular formula is C15H23ClFP. The minimum absolute atomic E-state index is 0.0465. The van der Waals surface area contributed by atoms with E-state index in [0.717, 1.165) is 0 Å². The van der Waals surface area contributed by atoms with Crippen LogP contribution >= 0.6 is 18.9 Å². The summed E-state index contributed by atoms with van der Waals surface area (Å²) in [6.07, 6.45) is 0. The summed E-state index contributed by atoms with van der Waals surface area (Å²) in [5.41, 5.74) is 1.86. The minimum Gasteiger partial charge on any atom is -0.304 e. The van der Waals surface area contributed by atoms with Gasteiger partial charge in [-0.15, -0.1) is 0 Å². The van der Waals surface area contributed by atoms with Crippen LogP contribution in [0.1, 0.15) is 41.5 Å². The van der Waals surface area contributed by atoms with Crippen LogP contribution in [0.25, 0.3) is 0 Å². The van der Waals surface area contributed by atoms with E-state index in [0.29, 0.717) is 0 Å². The highest BCUT2D eigenvalue weighted by atomic mass is 35.5. The number of benzene rings is 1. The molecule has 0 N–H and O–H groups in total. The third kappa shape index (κ3) is 2.58. The highest BCUT2D eigenvalue weighted by Gasteiger charge is 2.52. The number of rotatable bonds is 2. The fraction of sp³-hybridized carbons (Fsp3) is 0.533. The predicted molar refractivity (Wildman–Crippen MR) is 82.6 cm³/mol. The van der Waals surface area contributed by atoms with E-state index in [1.165, 1.54) is 17.4 Å². The maximum atomic E-state index is 13.1. The van der Waals surface area contributed by atoms with Crippen molar-refractivity contribution in [3.63, 3.8) is 0 Å². The maximum absolute atomic E-state index is 13.1. The van der Waals surface area contributed by atoms with Gasteiger partial charge in [-0.05, 0) is 65.8 Å². The summed E-state index contributed by atoms with van der Waals surface area (Å²) in [6.45, 7) is 13.3. The van der Waals surface area contributed by atoms with Gasteiger partial charge in [0.25, 0.3) is 0 Å². The molecule has 0 heterocycles. The Balaban J connectivity index is 3.51. The lowest BCUT2D eigenvalue weighted by molar-refractivity contribution is 0.628. The van der Waals surface area contributed by atoms with Crippen LogP contribution in [0, 0.1) is 11.4 Å². The Morgan fingerprint density at radius 2 is 1.33 bits per heavy atom. The summed E-state index contributed by atoms with van der Waals surface area (Å²) < 4.78 is 13.1. The molecule has 0 spiro atoms. The molecule has 0 fully saturated rings. The van der Waals surface area contributed by atoms with Crippen LogP contribution in [0.15, 0.2) is 24.3 Å². The van der Waals surface area contributed by atoms with E-state index in [9.17, 15) is 4.39 Å². The Hall–Kier alpha value is -0.130. The quantitative estimate of drug-likeness (QED) is 0.503. The molecule has 0 saturated carbocycles. The number of hydrogen-bond donors (Lipinski definition) is 0. The molecule has 0 aliphatic carbocycles. The SMILES string of the molecule is CC(C)(C)[P+]([CH-]Cl)(c1ccc(F)cc1)C(C)(C)C. The molecule has 0 radical (unpaired) electrons. The Labute approximate surface area is 116 Å². The second-order valence-corrected chi connectivity index (χ2v) is 12.1. The Morgan fingerprint density at radius 1 is 0.944 bits per heavy atom. The topological polar surface area (TPSA) is 0 Å². The summed E-state index contributed by atoms with van der Waals surface area (Å²) in [4.78, 5) is 0. The van der Waals surface area contributed by atoms with Crippen molar-refractivity contribution in [2.75, 3.05) is 0 Å². The molecule has 0 nitrogen and oxygen atoms in total. The third-order valence-electron chi connectivity index (χ3n) is 3.50. The number of halogens is 2. The molecule has 0 atom stereocenters. The van der Waals surface area contributed by atoms with Crippen molar-refractivity contribution in [2.45, 2.75) is 51.9 Å². The van der Waals surface area contributed by atoms with Gasteiger partial charge < -0.3 is 11.6 Å². The molecule has 0 saturated heterocycles. The van der Waals surface area contributed by atoms with Crippen LogP contribution in [0.2, 0.25) is 0 Å². The smallest absolute Gasteiger partial charge is 0.123 e. The molecule has 1 rings (SSSR count). The van der Waals surface area contributed by atoms with Crippen molar-refractivity contribution < 1.29 is 4.39 Å². The van der Waals surface area contributed by atoms with Crippen molar-refractivity contribution in [2.24, 2.45) is 0 Å². The first-order valence-electron chi connectivity index (χ1n) is 6.16. The van der Waals surface area contributed by atoms with E-state index < -0.39 is 7.26 Å². The molecule has 0 aliphatic heterocycles. The molecule has 0 unspecified atom stereocenters. The summed E-state index contributed by atoms with van der Waals surface area (Å²) in [6, 6.07) is 6.83. The van der Waals surface area contributed by atoms with Crippen LogP contribution < -0.4 is 5.30 Å². The fourth-order valence-electron chi connectivity index (χ4n) is 2.81. The molecule has 0 aromatic heterocycles. The first-order valence-corrected chi connectivity index (χ1v) is 8.45. The van der Waals surface area contributed by atoms with E-state index in [4.69, 9.17) is 11.6 Å². The van der Waals surface area contributed by atoms with Crippen LogP contribution in [-0.4, -0.2) is 10.3 Å². The molecule has 0 amide bonds. The monoisotopic (exact) mass is 288 g/mol. The Morgan fingerprint density at radius 3 is 1.61 bits per heavy atom. The average Bonchev–Trinajstić information content (AvgIpc) is 2.18. The van der Waals surface area contributed by atoms with Gasteiger partial charge in [-0.3, -0.25) is 0 Å². The first-order chi connectivity index (χ1) is 8.06. The van der Waals surface area contributed by atoms with E-state index in [-0.39, 0.29) is 16.1 Å². The van der Waals surface area contributed by atoms with Gasteiger partial charge in [-0.2, -0.15) is 0 Å². The summed E-state index contributed by atoms with van der Waals surface area (Å²) >= 11 is 6.30. The Bertz CT molecular complexity index is 384. The summed E-state index contributed by atoms with van der Waals surface area (Å²) in [7, 11) is -1.74. The van der Waals surface area contributed by atoms with Crippen molar-refractivity contribution in [1.29, 1.82) is 0 Å². The van der Waals surface area contributed by atoms with Crippen LogP contribution in [-0.2, 0) is 0 Å². The average molecular weight is 289 g/mol. The molecule has 1 aromatic carbocycles. The molecule has 0 bridgehead atoms. The zero-order valence-corrected chi connectivity index (χ0v) is 13.7. The van der Waals surface area contributed by atoms with Crippen molar-refractivity contribution >= 4 is 24.2 Å². The lowest BCUT2D eigenvalue weighted by Crippen LogP contribution is -2.39. The van der Waals surface area contributed by atoms with Gasteiger partial charge in [0.1, 0.15) is 5.82 Å². The largest absolute Gasteiger partial charge is 0.304 e. The first kappa shape index (κ1) is 15.9.